The summed E-state index contributed by atoms with van der Waals surface area (Å²) in [6.45, 7) is 2.55. The molecular weight excluding hydrogens is 286 g/mol. The average Bonchev–Trinajstić information content (AvgIpc) is 3.05. The van der Waals surface area contributed by atoms with Crippen LogP contribution >= 0.6 is 0 Å². The normalized spacial score (nSPS) is 12.5. The number of urea groups is 1. The second kappa shape index (κ2) is 5.32. The highest BCUT2D eigenvalue weighted by Crippen LogP contribution is 2.32. The van der Waals surface area contributed by atoms with Gasteiger partial charge in [-0.2, -0.15) is 0 Å². The van der Waals surface area contributed by atoms with Crippen LogP contribution in [-0.4, -0.2) is 10.6 Å². The largest absolute Gasteiger partial charge is 0.326 e. The maximum Gasteiger partial charge on any atom is 0.326 e. The van der Waals surface area contributed by atoms with Crippen molar-refractivity contribution in [2.75, 3.05) is 10.2 Å². The van der Waals surface area contributed by atoms with Crippen molar-refractivity contribution in [3.05, 3.63) is 78.1 Å². The number of rotatable bonds is 1. The Hall–Kier alpha value is -3.01. The Balaban J connectivity index is 1.70. The number of nitrogens with zero attached hydrogens (tertiary/aromatic N) is 2. The molecule has 0 bridgehead atoms. The molecule has 1 aromatic heterocycles. The fraction of sp³-hybridized carbons (Fsp3) is 0.105. The van der Waals surface area contributed by atoms with E-state index in [1.54, 1.807) is 4.90 Å². The van der Waals surface area contributed by atoms with Gasteiger partial charge in [-0.25, -0.2) is 4.79 Å². The van der Waals surface area contributed by atoms with Crippen molar-refractivity contribution in [1.82, 2.24) is 4.57 Å². The minimum atomic E-state index is -0.112. The van der Waals surface area contributed by atoms with Crippen molar-refractivity contribution in [1.29, 1.82) is 0 Å². The second-order valence-corrected chi connectivity index (χ2v) is 5.69. The molecule has 23 heavy (non-hydrogen) atoms. The first-order valence-corrected chi connectivity index (χ1v) is 7.64. The van der Waals surface area contributed by atoms with Crippen molar-refractivity contribution in [2.24, 2.45) is 0 Å². The van der Waals surface area contributed by atoms with E-state index >= 15 is 0 Å². The SMILES string of the molecule is Cc1ccccc1NC(=O)N1Cc2cccn2-c2ccccc21. The molecule has 0 saturated heterocycles. The van der Waals surface area contributed by atoms with Gasteiger partial charge in [0.15, 0.2) is 0 Å². The molecule has 1 aliphatic heterocycles. The third kappa shape index (κ3) is 2.28. The fourth-order valence-corrected chi connectivity index (χ4v) is 3.00. The first kappa shape index (κ1) is 13.6. The van der Waals surface area contributed by atoms with E-state index in [0.29, 0.717) is 6.54 Å². The predicted octanol–water partition coefficient (Wildman–Crippen LogP) is 4.34. The lowest BCUT2D eigenvalue weighted by molar-refractivity contribution is 0.256. The Morgan fingerprint density at radius 1 is 0.957 bits per heavy atom. The number of aromatic nitrogens is 1. The summed E-state index contributed by atoms with van der Waals surface area (Å²) >= 11 is 0. The third-order valence-electron chi connectivity index (χ3n) is 4.22. The first-order chi connectivity index (χ1) is 11.2. The molecule has 0 saturated carbocycles. The highest BCUT2D eigenvalue weighted by atomic mass is 16.2. The van der Waals surface area contributed by atoms with Gasteiger partial charge in [-0.1, -0.05) is 30.3 Å². The van der Waals surface area contributed by atoms with E-state index in [0.717, 1.165) is 28.3 Å². The Bertz CT molecular complexity index is 882. The van der Waals surface area contributed by atoms with E-state index in [2.05, 4.69) is 9.88 Å². The number of nitrogens with one attached hydrogen (secondary N) is 1. The molecule has 1 aliphatic rings. The zero-order valence-corrected chi connectivity index (χ0v) is 12.9. The number of aryl methyl sites for hydroxylation is 1. The zero-order valence-electron chi connectivity index (χ0n) is 12.9. The fourth-order valence-electron chi connectivity index (χ4n) is 3.00. The third-order valence-corrected chi connectivity index (χ3v) is 4.22. The van der Waals surface area contributed by atoms with Gasteiger partial charge in [0.25, 0.3) is 0 Å². The number of amides is 2. The van der Waals surface area contributed by atoms with Gasteiger partial charge < -0.3 is 9.88 Å². The minimum Gasteiger partial charge on any atom is -0.317 e. The number of hydrogen-bond donors (Lipinski definition) is 1. The number of carbonyl (C=O) groups excluding carboxylic acids is 1. The van der Waals surface area contributed by atoms with Gasteiger partial charge in [0, 0.05) is 17.6 Å². The molecule has 1 N–H and O–H groups in total. The molecule has 0 fully saturated rings. The van der Waals surface area contributed by atoms with E-state index in [-0.39, 0.29) is 6.03 Å². The predicted molar refractivity (Wildman–Crippen MR) is 92.1 cm³/mol. The molecule has 2 heterocycles. The Morgan fingerprint density at radius 2 is 1.70 bits per heavy atom. The van der Waals surface area contributed by atoms with Gasteiger partial charge >= 0.3 is 6.03 Å². The number of para-hydroxylation sites is 3. The molecule has 2 aromatic carbocycles. The highest BCUT2D eigenvalue weighted by molar-refractivity contribution is 6.03. The van der Waals surface area contributed by atoms with Crippen LogP contribution in [0.1, 0.15) is 11.3 Å². The first-order valence-electron chi connectivity index (χ1n) is 7.64. The van der Waals surface area contributed by atoms with Crippen LogP contribution in [0.4, 0.5) is 16.2 Å². The lowest BCUT2D eigenvalue weighted by Gasteiger charge is -2.31. The van der Waals surface area contributed by atoms with Crippen molar-refractivity contribution >= 4 is 17.4 Å². The summed E-state index contributed by atoms with van der Waals surface area (Å²) in [7, 11) is 0. The van der Waals surface area contributed by atoms with E-state index in [9.17, 15) is 4.79 Å². The van der Waals surface area contributed by atoms with Gasteiger partial charge in [-0.05, 0) is 42.8 Å². The Kier molecular flexibility index (Phi) is 3.15. The zero-order chi connectivity index (χ0) is 15.8. The summed E-state index contributed by atoms with van der Waals surface area (Å²) in [5.41, 5.74) is 4.94. The lowest BCUT2D eigenvalue weighted by Crippen LogP contribution is -2.38. The maximum atomic E-state index is 12.8. The van der Waals surface area contributed by atoms with Crippen LogP contribution in [0.3, 0.4) is 0 Å². The number of fused-ring (bicyclic) bond motifs is 3. The Morgan fingerprint density at radius 3 is 2.52 bits per heavy atom. The summed E-state index contributed by atoms with van der Waals surface area (Å²) in [6, 6.07) is 19.7. The van der Waals surface area contributed by atoms with Crippen molar-refractivity contribution in [2.45, 2.75) is 13.5 Å². The van der Waals surface area contributed by atoms with Gasteiger partial charge in [-0.15, -0.1) is 0 Å². The van der Waals surface area contributed by atoms with E-state index < -0.39 is 0 Å². The molecule has 3 aromatic rings. The standard InChI is InChI=1S/C19H17N3O/c1-14-7-2-3-9-16(14)20-19(23)22-13-15-8-6-12-21(15)17-10-4-5-11-18(17)22/h2-12H,13H2,1H3,(H,20,23). The summed E-state index contributed by atoms with van der Waals surface area (Å²) < 4.78 is 2.13. The molecule has 0 aliphatic carbocycles. The van der Waals surface area contributed by atoms with Crippen LogP contribution in [0.15, 0.2) is 66.9 Å². The smallest absolute Gasteiger partial charge is 0.317 e. The molecule has 114 valence electrons. The van der Waals surface area contributed by atoms with Crippen LogP contribution in [0.25, 0.3) is 5.69 Å². The van der Waals surface area contributed by atoms with E-state index in [1.807, 2.05) is 73.8 Å². The summed E-state index contributed by atoms with van der Waals surface area (Å²) in [6.07, 6.45) is 2.03. The van der Waals surface area contributed by atoms with E-state index in [4.69, 9.17) is 0 Å². The van der Waals surface area contributed by atoms with Crippen LogP contribution in [-0.2, 0) is 6.54 Å². The molecule has 4 rings (SSSR count). The quantitative estimate of drug-likeness (QED) is 0.713. The molecule has 0 radical (unpaired) electrons. The second-order valence-electron chi connectivity index (χ2n) is 5.69. The number of benzene rings is 2. The molecule has 0 spiro atoms. The van der Waals surface area contributed by atoms with Crippen LogP contribution in [0.2, 0.25) is 0 Å². The van der Waals surface area contributed by atoms with Crippen LogP contribution in [0, 0.1) is 6.92 Å². The minimum absolute atomic E-state index is 0.112. The number of anilines is 2. The molecular formula is C19H17N3O. The summed E-state index contributed by atoms with van der Waals surface area (Å²) in [5, 5.41) is 3.02. The molecule has 4 nitrogen and oxygen atoms in total. The van der Waals surface area contributed by atoms with Gasteiger partial charge in [-0.3, -0.25) is 4.90 Å². The van der Waals surface area contributed by atoms with Crippen LogP contribution < -0.4 is 10.2 Å². The average molecular weight is 303 g/mol. The molecule has 0 atom stereocenters. The molecule has 4 heteroatoms. The molecule has 0 unspecified atom stereocenters. The van der Waals surface area contributed by atoms with Crippen LogP contribution in [0.5, 0.6) is 0 Å². The Labute approximate surface area is 135 Å². The topological polar surface area (TPSA) is 37.3 Å². The summed E-state index contributed by atoms with van der Waals surface area (Å²) in [5.74, 6) is 0. The van der Waals surface area contributed by atoms with Gasteiger partial charge in [0.05, 0.1) is 17.9 Å². The summed E-state index contributed by atoms with van der Waals surface area (Å²) in [4.78, 5) is 14.6. The maximum absolute atomic E-state index is 12.8. The lowest BCUT2D eigenvalue weighted by atomic mass is 10.1. The number of carbonyl (C=O) groups is 1. The van der Waals surface area contributed by atoms with Gasteiger partial charge in [0.1, 0.15) is 0 Å². The van der Waals surface area contributed by atoms with Crippen molar-refractivity contribution < 1.29 is 4.79 Å². The monoisotopic (exact) mass is 303 g/mol. The van der Waals surface area contributed by atoms with Crippen molar-refractivity contribution in [3.8, 4) is 5.69 Å². The van der Waals surface area contributed by atoms with Gasteiger partial charge in [0.2, 0.25) is 0 Å². The number of hydrogen-bond acceptors (Lipinski definition) is 1. The molecule has 2 amide bonds. The highest BCUT2D eigenvalue weighted by Gasteiger charge is 2.25. The van der Waals surface area contributed by atoms with E-state index in [1.165, 1.54) is 0 Å². The van der Waals surface area contributed by atoms with Crippen molar-refractivity contribution in [3.63, 3.8) is 0 Å².